The van der Waals surface area contributed by atoms with Gasteiger partial charge in [-0.25, -0.2) is 9.78 Å². The Kier molecular flexibility index (Phi) is 4.43. The molecule has 0 aliphatic carbocycles. The van der Waals surface area contributed by atoms with Crippen molar-refractivity contribution in [2.45, 2.75) is 24.0 Å². The van der Waals surface area contributed by atoms with Crippen molar-refractivity contribution in [1.29, 1.82) is 0 Å². The number of rotatable bonds is 4. The molecule has 0 radical (unpaired) electrons. The summed E-state index contributed by atoms with van der Waals surface area (Å²) in [5.74, 6) is 0. The Bertz CT molecular complexity index is 636. The Hall–Kier alpha value is -1.54. The van der Waals surface area contributed by atoms with Crippen molar-refractivity contribution in [3.8, 4) is 0 Å². The Morgan fingerprint density at radius 2 is 1.89 bits per heavy atom. The van der Waals surface area contributed by atoms with Gasteiger partial charge in [-0.3, -0.25) is 4.79 Å². The molecule has 0 aromatic carbocycles. The number of aryl methyl sites for hydroxylation is 2. The SMILES string of the molecule is Cc1cc(=O)[nH]c(SCSc2cc(C)[nH]c(=O)n2)n1. The zero-order valence-electron chi connectivity index (χ0n) is 10.4. The van der Waals surface area contributed by atoms with Gasteiger partial charge < -0.3 is 9.97 Å². The van der Waals surface area contributed by atoms with Crippen LogP contribution in [0.15, 0.2) is 31.9 Å². The van der Waals surface area contributed by atoms with E-state index in [9.17, 15) is 9.59 Å². The molecule has 0 fully saturated rings. The lowest BCUT2D eigenvalue weighted by Gasteiger charge is -2.02. The lowest BCUT2D eigenvalue weighted by atomic mass is 10.5. The summed E-state index contributed by atoms with van der Waals surface area (Å²) >= 11 is 2.82. The van der Waals surface area contributed by atoms with Crippen molar-refractivity contribution >= 4 is 23.5 Å². The summed E-state index contributed by atoms with van der Waals surface area (Å²) in [6, 6.07) is 3.25. The van der Waals surface area contributed by atoms with Crippen LogP contribution in [0.3, 0.4) is 0 Å². The molecule has 2 N–H and O–H groups in total. The van der Waals surface area contributed by atoms with Crippen LogP contribution in [0.4, 0.5) is 0 Å². The average molecular weight is 296 g/mol. The van der Waals surface area contributed by atoms with Crippen molar-refractivity contribution in [3.05, 3.63) is 44.4 Å². The van der Waals surface area contributed by atoms with E-state index >= 15 is 0 Å². The summed E-state index contributed by atoms with van der Waals surface area (Å²) in [5.41, 5.74) is 0.940. The van der Waals surface area contributed by atoms with Crippen LogP contribution in [-0.2, 0) is 0 Å². The number of aromatic amines is 2. The Morgan fingerprint density at radius 3 is 2.58 bits per heavy atom. The predicted molar refractivity (Wildman–Crippen MR) is 75.8 cm³/mol. The highest BCUT2D eigenvalue weighted by atomic mass is 32.2. The minimum absolute atomic E-state index is 0.162. The van der Waals surface area contributed by atoms with E-state index in [1.807, 2.05) is 0 Å². The summed E-state index contributed by atoms with van der Waals surface area (Å²) in [5, 5.41) is 1.84. The van der Waals surface area contributed by atoms with Crippen LogP contribution in [0.2, 0.25) is 0 Å². The van der Waals surface area contributed by atoms with Crippen LogP contribution in [-0.4, -0.2) is 25.0 Å². The molecule has 0 bridgehead atoms. The van der Waals surface area contributed by atoms with Gasteiger partial charge in [-0.05, 0) is 19.9 Å². The Morgan fingerprint density at radius 1 is 1.11 bits per heavy atom. The highest BCUT2D eigenvalue weighted by Gasteiger charge is 2.02. The quantitative estimate of drug-likeness (QED) is 0.382. The molecule has 2 rings (SSSR count). The maximum atomic E-state index is 11.3. The first-order chi connectivity index (χ1) is 9.02. The van der Waals surface area contributed by atoms with Crippen molar-refractivity contribution < 1.29 is 0 Å². The molecular weight excluding hydrogens is 284 g/mol. The van der Waals surface area contributed by atoms with E-state index in [0.717, 1.165) is 5.69 Å². The number of H-pyrrole nitrogens is 2. The van der Waals surface area contributed by atoms with E-state index < -0.39 is 0 Å². The summed E-state index contributed by atoms with van der Waals surface area (Å²) in [6.45, 7) is 3.58. The smallest absolute Gasteiger partial charge is 0.310 e. The summed E-state index contributed by atoms with van der Waals surface area (Å²) in [7, 11) is 0. The molecule has 0 saturated heterocycles. The summed E-state index contributed by atoms with van der Waals surface area (Å²) in [4.78, 5) is 35.7. The van der Waals surface area contributed by atoms with Crippen LogP contribution in [0.5, 0.6) is 0 Å². The number of hydrogen-bond acceptors (Lipinski definition) is 6. The molecular formula is C11H12N4O2S2. The lowest BCUT2D eigenvalue weighted by molar-refractivity contribution is 0.907. The minimum Gasteiger partial charge on any atom is -0.310 e. The zero-order valence-corrected chi connectivity index (χ0v) is 12.0. The fraction of sp³-hybridized carbons (Fsp3) is 0.273. The molecule has 0 atom stereocenters. The van der Waals surface area contributed by atoms with Crippen molar-refractivity contribution in [3.63, 3.8) is 0 Å². The standard InChI is InChI=1S/C11H12N4O2S2/c1-6-3-8(16)14-11(13-6)19-5-18-9-4-7(2)12-10(17)15-9/h3-4H,5H2,1-2H3,(H,12,15,17)(H,13,14,16). The number of aromatic nitrogens is 4. The van der Waals surface area contributed by atoms with Gasteiger partial charge in [0.15, 0.2) is 5.16 Å². The van der Waals surface area contributed by atoms with E-state index in [1.54, 1.807) is 19.9 Å². The molecule has 100 valence electrons. The van der Waals surface area contributed by atoms with Gasteiger partial charge >= 0.3 is 5.69 Å². The topological polar surface area (TPSA) is 91.5 Å². The number of nitrogens with zero attached hydrogens (tertiary/aromatic N) is 2. The Labute approximate surface area is 117 Å². The van der Waals surface area contributed by atoms with Crippen LogP contribution in [0.25, 0.3) is 0 Å². The van der Waals surface area contributed by atoms with Crippen LogP contribution < -0.4 is 11.2 Å². The van der Waals surface area contributed by atoms with Gasteiger partial charge in [0.1, 0.15) is 5.03 Å². The van der Waals surface area contributed by atoms with Crippen LogP contribution >= 0.6 is 23.5 Å². The third-order valence-electron chi connectivity index (χ3n) is 2.11. The molecule has 19 heavy (non-hydrogen) atoms. The highest BCUT2D eigenvalue weighted by molar-refractivity contribution is 8.15. The summed E-state index contributed by atoms with van der Waals surface area (Å²) < 4.78 is 0. The van der Waals surface area contributed by atoms with Crippen LogP contribution in [0, 0.1) is 13.8 Å². The van der Waals surface area contributed by atoms with Gasteiger partial charge in [-0.2, -0.15) is 4.98 Å². The van der Waals surface area contributed by atoms with Gasteiger partial charge in [-0.15, -0.1) is 0 Å². The fourth-order valence-electron chi connectivity index (χ4n) is 1.39. The van der Waals surface area contributed by atoms with Gasteiger partial charge in [-0.1, -0.05) is 23.5 Å². The highest BCUT2D eigenvalue weighted by Crippen LogP contribution is 2.23. The van der Waals surface area contributed by atoms with Crippen molar-refractivity contribution in [1.82, 2.24) is 19.9 Å². The maximum absolute atomic E-state index is 11.3. The van der Waals surface area contributed by atoms with Gasteiger partial charge in [0.2, 0.25) is 0 Å². The molecule has 6 nitrogen and oxygen atoms in total. The number of hydrogen-bond donors (Lipinski definition) is 2. The van der Waals surface area contributed by atoms with Crippen molar-refractivity contribution in [2.75, 3.05) is 5.08 Å². The van der Waals surface area contributed by atoms with E-state index in [4.69, 9.17) is 0 Å². The first kappa shape index (κ1) is 13.9. The second-order valence-corrected chi connectivity index (χ2v) is 6.13. The molecule has 2 heterocycles. The van der Waals surface area contributed by atoms with Gasteiger partial charge in [0.25, 0.3) is 5.56 Å². The van der Waals surface area contributed by atoms with E-state index in [1.165, 1.54) is 29.6 Å². The molecule has 8 heteroatoms. The zero-order chi connectivity index (χ0) is 13.8. The van der Waals surface area contributed by atoms with E-state index in [-0.39, 0.29) is 11.2 Å². The van der Waals surface area contributed by atoms with E-state index in [0.29, 0.717) is 21.0 Å². The van der Waals surface area contributed by atoms with Gasteiger partial charge in [0.05, 0.1) is 5.08 Å². The second kappa shape index (κ2) is 6.07. The molecule has 0 saturated carbocycles. The fourth-order valence-corrected chi connectivity index (χ4v) is 3.34. The molecule has 2 aromatic heterocycles. The molecule has 0 spiro atoms. The molecule has 0 aliphatic rings. The van der Waals surface area contributed by atoms with Crippen molar-refractivity contribution in [2.24, 2.45) is 0 Å². The molecule has 0 unspecified atom stereocenters. The van der Waals surface area contributed by atoms with E-state index in [2.05, 4.69) is 19.9 Å². The first-order valence-electron chi connectivity index (χ1n) is 5.44. The number of thioether (sulfide) groups is 2. The normalized spacial score (nSPS) is 10.6. The second-order valence-electron chi connectivity index (χ2n) is 3.81. The monoisotopic (exact) mass is 296 g/mol. The van der Waals surface area contributed by atoms with Gasteiger partial charge in [0, 0.05) is 17.5 Å². The Balaban J connectivity index is 2.00. The average Bonchev–Trinajstić information content (AvgIpc) is 2.26. The number of nitrogens with one attached hydrogen (secondary N) is 2. The van der Waals surface area contributed by atoms with Crippen LogP contribution in [0.1, 0.15) is 11.4 Å². The molecule has 0 aliphatic heterocycles. The largest absolute Gasteiger partial charge is 0.346 e. The maximum Gasteiger partial charge on any atom is 0.346 e. The summed E-state index contributed by atoms with van der Waals surface area (Å²) in [6.07, 6.45) is 0. The third kappa shape index (κ3) is 4.25. The lowest BCUT2D eigenvalue weighted by Crippen LogP contribution is -2.11. The molecule has 0 amide bonds. The predicted octanol–water partition coefficient (Wildman–Crippen LogP) is 1.31. The minimum atomic E-state index is -0.352. The first-order valence-corrected chi connectivity index (χ1v) is 7.41. The third-order valence-corrected chi connectivity index (χ3v) is 4.02. The molecule has 2 aromatic rings.